The van der Waals surface area contributed by atoms with Gasteiger partial charge < -0.3 is 9.32 Å². The van der Waals surface area contributed by atoms with Gasteiger partial charge in [0.15, 0.2) is 0 Å². The molecule has 0 N–H and O–H groups in total. The summed E-state index contributed by atoms with van der Waals surface area (Å²) in [6, 6.07) is 51.2. The average molecular weight is 670 g/mol. The predicted molar refractivity (Wildman–Crippen MR) is 218 cm³/mol. The summed E-state index contributed by atoms with van der Waals surface area (Å²) < 4.78 is 6.90. The number of rotatable bonds is 6. The fraction of sp³-hybridized carbons (Fsp3) is 0.120. The Morgan fingerprint density at radius 1 is 0.654 bits per heavy atom. The van der Waals surface area contributed by atoms with Gasteiger partial charge in [-0.1, -0.05) is 152 Å². The van der Waals surface area contributed by atoms with Gasteiger partial charge in [0.2, 0.25) is 0 Å². The fourth-order valence-electron chi connectivity index (χ4n) is 9.14. The van der Waals surface area contributed by atoms with Gasteiger partial charge in [-0.2, -0.15) is 0 Å². The lowest BCUT2D eigenvalue weighted by molar-refractivity contribution is 0.660. The summed E-state index contributed by atoms with van der Waals surface area (Å²) in [5.74, 6) is 0.478. The molecule has 3 aliphatic carbocycles. The number of anilines is 3. The third kappa shape index (κ3) is 4.64. The first-order valence-electron chi connectivity index (χ1n) is 18.6. The van der Waals surface area contributed by atoms with Crippen LogP contribution < -0.4 is 4.90 Å². The van der Waals surface area contributed by atoms with E-state index in [1.807, 2.05) is 0 Å². The molecule has 3 aliphatic rings. The molecular weight excluding hydrogens is 631 g/mol. The van der Waals surface area contributed by atoms with Gasteiger partial charge in [0.25, 0.3) is 0 Å². The largest absolute Gasteiger partial charge is 0.456 e. The van der Waals surface area contributed by atoms with E-state index in [0.717, 1.165) is 58.3 Å². The topological polar surface area (TPSA) is 16.4 Å². The first-order valence-corrected chi connectivity index (χ1v) is 18.6. The van der Waals surface area contributed by atoms with Crippen molar-refractivity contribution < 1.29 is 4.42 Å². The van der Waals surface area contributed by atoms with Crippen molar-refractivity contribution in [2.24, 2.45) is 5.92 Å². The third-order valence-corrected chi connectivity index (χ3v) is 11.3. The Kier molecular flexibility index (Phi) is 7.25. The third-order valence-electron chi connectivity index (χ3n) is 11.3. The van der Waals surface area contributed by atoms with Crippen molar-refractivity contribution >= 4 is 44.6 Å². The van der Waals surface area contributed by atoms with Gasteiger partial charge in [0, 0.05) is 16.6 Å². The van der Waals surface area contributed by atoms with Gasteiger partial charge in [-0.25, -0.2) is 0 Å². The predicted octanol–water partition coefficient (Wildman–Crippen LogP) is 13.6. The van der Waals surface area contributed by atoms with Crippen molar-refractivity contribution in [3.05, 3.63) is 204 Å². The van der Waals surface area contributed by atoms with E-state index in [9.17, 15) is 0 Å². The maximum atomic E-state index is 6.90. The summed E-state index contributed by atoms with van der Waals surface area (Å²) in [6.07, 6.45) is 17.0. The van der Waals surface area contributed by atoms with Crippen LogP contribution in [0.15, 0.2) is 186 Å². The lowest BCUT2D eigenvalue weighted by atomic mass is 9.65. The van der Waals surface area contributed by atoms with Crippen LogP contribution in [0.4, 0.5) is 17.1 Å². The summed E-state index contributed by atoms with van der Waals surface area (Å²) >= 11 is 0. The van der Waals surface area contributed by atoms with Crippen LogP contribution in [0.1, 0.15) is 48.4 Å². The van der Waals surface area contributed by atoms with E-state index in [1.54, 1.807) is 0 Å². The van der Waals surface area contributed by atoms with E-state index in [2.05, 4.69) is 188 Å². The number of benzene rings is 6. The van der Waals surface area contributed by atoms with Crippen molar-refractivity contribution in [1.82, 2.24) is 0 Å². The molecule has 0 saturated heterocycles. The lowest BCUT2D eigenvalue weighted by Gasteiger charge is -2.38. The molecule has 2 nitrogen and oxygen atoms in total. The Hall–Kier alpha value is -6.12. The highest BCUT2D eigenvalue weighted by molar-refractivity contribution is 6.14. The van der Waals surface area contributed by atoms with Gasteiger partial charge >= 0.3 is 0 Å². The molecule has 0 saturated carbocycles. The molecule has 6 aromatic carbocycles. The van der Waals surface area contributed by atoms with Crippen LogP contribution in [0.3, 0.4) is 0 Å². The first-order chi connectivity index (χ1) is 25.7. The highest BCUT2D eigenvalue weighted by Gasteiger charge is 2.47. The van der Waals surface area contributed by atoms with Crippen LogP contribution in [0.2, 0.25) is 0 Å². The number of nitrogens with zero attached hydrogens (tertiary/aromatic N) is 1. The van der Waals surface area contributed by atoms with Crippen LogP contribution in [0.25, 0.3) is 38.6 Å². The standard InChI is InChI=1S/C50H39NO/c1-34-17-16-18-35(31-34)39-23-10-14-29-45(39)51(38-21-6-3-7-22-38)46-32-37(33-48-49(46)42-26-11-15-30-47(42)52-48)50(36-19-4-2-5-20-36)43-27-12-8-24-40(43)41-25-9-13-28-44(41)50/h2-4,6-16,18-19,21-34H,5,17,20H2,1H3. The highest BCUT2D eigenvalue weighted by Crippen LogP contribution is 2.59. The SMILES string of the molecule is CC1C=C(c2ccccc2N(c2ccccc2)c2cc(C3(C4=CC=CCC4)c4ccccc4-c4ccccc43)cc3oc4ccccc4c23)C=CC1. The van der Waals surface area contributed by atoms with Gasteiger partial charge in [0.1, 0.15) is 11.2 Å². The van der Waals surface area contributed by atoms with Crippen LogP contribution in [0.5, 0.6) is 0 Å². The number of furan rings is 1. The van der Waals surface area contributed by atoms with Crippen molar-refractivity contribution in [2.45, 2.75) is 31.6 Å². The zero-order valence-electron chi connectivity index (χ0n) is 29.3. The number of allylic oxidation sites excluding steroid dienone is 8. The van der Waals surface area contributed by atoms with E-state index in [-0.39, 0.29) is 0 Å². The van der Waals surface area contributed by atoms with E-state index in [0.29, 0.717) is 5.92 Å². The van der Waals surface area contributed by atoms with E-state index < -0.39 is 5.41 Å². The summed E-state index contributed by atoms with van der Waals surface area (Å²) in [5, 5.41) is 2.23. The Morgan fingerprint density at radius 3 is 2.10 bits per heavy atom. The van der Waals surface area contributed by atoms with E-state index >= 15 is 0 Å². The molecule has 0 spiro atoms. The average Bonchev–Trinajstić information content (AvgIpc) is 3.73. The van der Waals surface area contributed by atoms with Gasteiger partial charge in [0.05, 0.1) is 22.2 Å². The summed E-state index contributed by atoms with van der Waals surface area (Å²) in [5.41, 5.74) is 15.0. The highest BCUT2D eigenvalue weighted by atomic mass is 16.3. The summed E-state index contributed by atoms with van der Waals surface area (Å²) in [7, 11) is 0. The molecule has 0 bridgehead atoms. The first kappa shape index (κ1) is 30.7. The molecule has 0 amide bonds. The monoisotopic (exact) mass is 669 g/mol. The molecule has 0 aliphatic heterocycles. The van der Waals surface area contributed by atoms with E-state index in [4.69, 9.17) is 4.42 Å². The van der Waals surface area contributed by atoms with Crippen molar-refractivity contribution in [1.29, 1.82) is 0 Å². The number of para-hydroxylation sites is 3. The zero-order chi connectivity index (χ0) is 34.6. The van der Waals surface area contributed by atoms with Crippen LogP contribution in [-0.2, 0) is 5.41 Å². The maximum absolute atomic E-state index is 6.90. The molecule has 1 atom stereocenters. The second kappa shape index (κ2) is 12.3. The Balaban J connectivity index is 1.35. The van der Waals surface area contributed by atoms with Gasteiger partial charge in [-0.05, 0) is 95.0 Å². The molecule has 1 unspecified atom stereocenters. The minimum Gasteiger partial charge on any atom is -0.456 e. The molecule has 10 rings (SSSR count). The van der Waals surface area contributed by atoms with Crippen LogP contribution >= 0.6 is 0 Å². The fourth-order valence-corrected chi connectivity index (χ4v) is 9.14. The molecule has 1 aromatic heterocycles. The molecule has 7 aromatic rings. The molecule has 0 radical (unpaired) electrons. The van der Waals surface area contributed by atoms with Crippen LogP contribution in [-0.4, -0.2) is 0 Å². The van der Waals surface area contributed by atoms with Gasteiger partial charge in [-0.15, -0.1) is 0 Å². The molecule has 1 heterocycles. The normalized spacial score (nSPS) is 17.1. The Morgan fingerprint density at radius 2 is 1.35 bits per heavy atom. The number of hydrogen-bond acceptors (Lipinski definition) is 2. The minimum absolute atomic E-state index is 0.478. The second-order valence-electron chi connectivity index (χ2n) is 14.4. The second-order valence-corrected chi connectivity index (χ2v) is 14.4. The minimum atomic E-state index is -0.494. The molecule has 2 heteroatoms. The van der Waals surface area contributed by atoms with Crippen LogP contribution in [0, 0.1) is 5.92 Å². The van der Waals surface area contributed by atoms with E-state index in [1.165, 1.54) is 44.5 Å². The van der Waals surface area contributed by atoms with Crippen molar-refractivity contribution in [3.8, 4) is 11.1 Å². The molecule has 52 heavy (non-hydrogen) atoms. The lowest BCUT2D eigenvalue weighted by Crippen LogP contribution is -2.30. The summed E-state index contributed by atoms with van der Waals surface area (Å²) in [4.78, 5) is 2.48. The number of hydrogen-bond donors (Lipinski definition) is 0. The quantitative estimate of drug-likeness (QED) is 0.175. The summed E-state index contributed by atoms with van der Waals surface area (Å²) in [6.45, 7) is 2.30. The zero-order valence-corrected chi connectivity index (χ0v) is 29.3. The smallest absolute Gasteiger partial charge is 0.137 e. The molecule has 250 valence electrons. The van der Waals surface area contributed by atoms with Crippen molar-refractivity contribution in [3.63, 3.8) is 0 Å². The maximum Gasteiger partial charge on any atom is 0.137 e. The van der Waals surface area contributed by atoms with Crippen molar-refractivity contribution in [2.75, 3.05) is 4.90 Å². The molecule has 0 fully saturated rings. The molecular formula is C50H39NO. The number of fused-ring (bicyclic) bond motifs is 6. The Labute approximate surface area is 305 Å². The Bertz CT molecular complexity index is 2590. The van der Waals surface area contributed by atoms with Gasteiger partial charge in [-0.3, -0.25) is 0 Å².